The molecule has 3 aliphatic heterocycles. The first-order valence-electron chi connectivity index (χ1n) is 7.18. The fourth-order valence-corrected chi connectivity index (χ4v) is 4.15. The van der Waals surface area contributed by atoms with Crippen LogP contribution in [0.25, 0.3) is 0 Å². The summed E-state index contributed by atoms with van der Waals surface area (Å²) < 4.78 is 0. The smallest absolute Gasteiger partial charge is 0.0781 e. The number of fused-ring (bicyclic) bond motifs is 3. The van der Waals surface area contributed by atoms with Crippen molar-refractivity contribution in [3.05, 3.63) is 32.8 Å². The molecule has 2 unspecified atom stereocenters. The van der Waals surface area contributed by atoms with Crippen molar-refractivity contribution in [3.8, 4) is 0 Å². The molecule has 0 saturated carbocycles. The van der Waals surface area contributed by atoms with Crippen LogP contribution in [0.5, 0.6) is 0 Å². The highest BCUT2D eigenvalue weighted by atomic mass is 35.5. The Bertz CT molecular complexity index is 498. The molecule has 2 nitrogen and oxygen atoms in total. The maximum atomic E-state index is 6.32. The van der Waals surface area contributed by atoms with Gasteiger partial charge in [-0.2, -0.15) is 0 Å². The van der Waals surface area contributed by atoms with Crippen molar-refractivity contribution in [1.82, 2.24) is 10.2 Å². The van der Waals surface area contributed by atoms with Gasteiger partial charge in [0.2, 0.25) is 0 Å². The number of halogens is 3. The Labute approximate surface area is 135 Å². The molecule has 1 aromatic rings. The minimum Gasteiger partial charge on any atom is -0.306 e. The molecule has 3 aliphatic rings. The van der Waals surface area contributed by atoms with Crippen molar-refractivity contribution in [2.24, 2.45) is 5.92 Å². The van der Waals surface area contributed by atoms with Gasteiger partial charge < -0.3 is 10.2 Å². The van der Waals surface area contributed by atoms with Crippen LogP contribution in [0.1, 0.15) is 31.4 Å². The number of hydrogen-bond acceptors (Lipinski definition) is 2. The standard InChI is InChI=1S/C15H19Cl3N2/c1-9(11-2-3-12(16)15(18)14(11)17)19-13-8-20-6-4-10(13)5-7-20/h2-3,9-10,13,19H,4-8H2,1H3. The Morgan fingerprint density at radius 1 is 1.15 bits per heavy atom. The zero-order valence-electron chi connectivity index (χ0n) is 11.5. The predicted octanol–water partition coefficient (Wildman–Crippen LogP) is 4.39. The Morgan fingerprint density at radius 2 is 1.85 bits per heavy atom. The zero-order chi connectivity index (χ0) is 14.3. The van der Waals surface area contributed by atoms with Crippen LogP contribution in [0.3, 0.4) is 0 Å². The molecule has 0 spiro atoms. The molecule has 5 heteroatoms. The van der Waals surface area contributed by atoms with Crippen LogP contribution >= 0.6 is 34.8 Å². The van der Waals surface area contributed by atoms with E-state index in [4.69, 9.17) is 34.8 Å². The van der Waals surface area contributed by atoms with Gasteiger partial charge in [0.05, 0.1) is 15.1 Å². The van der Waals surface area contributed by atoms with Gasteiger partial charge in [0.25, 0.3) is 0 Å². The molecule has 1 aromatic carbocycles. The molecule has 2 atom stereocenters. The Morgan fingerprint density at radius 3 is 2.45 bits per heavy atom. The second kappa shape index (κ2) is 6.02. The van der Waals surface area contributed by atoms with Crippen molar-refractivity contribution in [1.29, 1.82) is 0 Å². The van der Waals surface area contributed by atoms with E-state index in [2.05, 4.69) is 17.1 Å². The average molecular weight is 334 g/mol. The molecule has 0 radical (unpaired) electrons. The van der Waals surface area contributed by atoms with E-state index in [0.717, 1.165) is 18.0 Å². The van der Waals surface area contributed by atoms with Gasteiger partial charge in [-0.15, -0.1) is 0 Å². The van der Waals surface area contributed by atoms with E-state index in [1.54, 1.807) is 0 Å². The molecule has 20 heavy (non-hydrogen) atoms. The van der Waals surface area contributed by atoms with Crippen LogP contribution in [0, 0.1) is 5.92 Å². The number of benzene rings is 1. The van der Waals surface area contributed by atoms with E-state index < -0.39 is 0 Å². The normalized spacial score (nSPS) is 30.5. The van der Waals surface area contributed by atoms with E-state index in [9.17, 15) is 0 Å². The molecule has 2 bridgehead atoms. The Kier molecular flexibility index (Phi) is 4.49. The second-order valence-corrected chi connectivity index (χ2v) is 7.06. The monoisotopic (exact) mass is 332 g/mol. The Hall–Kier alpha value is 0.01000. The lowest BCUT2D eigenvalue weighted by Crippen LogP contribution is -2.56. The first-order chi connectivity index (χ1) is 9.56. The molecule has 0 amide bonds. The number of rotatable bonds is 3. The summed E-state index contributed by atoms with van der Waals surface area (Å²) in [4.78, 5) is 2.54. The van der Waals surface area contributed by atoms with Crippen molar-refractivity contribution >= 4 is 34.8 Å². The van der Waals surface area contributed by atoms with E-state index in [1.165, 1.54) is 25.9 Å². The number of nitrogens with zero attached hydrogens (tertiary/aromatic N) is 1. The summed E-state index contributed by atoms with van der Waals surface area (Å²) in [6.07, 6.45) is 2.61. The summed E-state index contributed by atoms with van der Waals surface area (Å²) in [6, 6.07) is 4.52. The number of hydrogen-bond donors (Lipinski definition) is 1. The van der Waals surface area contributed by atoms with Crippen LogP contribution in [0.15, 0.2) is 12.1 Å². The van der Waals surface area contributed by atoms with Gasteiger partial charge in [-0.05, 0) is 50.4 Å². The first kappa shape index (κ1) is 14.9. The summed E-state index contributed by atoms with van der Waals surface area (Å²) in [5.74, 6) is 0.795. The molecule has 0 aliphatic carbocycles. The van der Waals surface area contributed by atoms with E-state index in [-0.39, 0.29) is 6.04 Å². The summed E-state index contributed by atoms with van der Waals surface area (Å²) >= 11 is 18.4. The van der Waals surface area contributed by atoms with Gasteiger partial charge in [0, 0.05) is 18.6 Å². The SMILES string of the molecule is CC(NC1CN2CCC1CC2)c1ccc(Cl)c(Cl)c1Cl. The molecule has 3 fully saturated rings. The zero-order valence-corrected chi connectivity index (χ0v) is 13.8. The van der Waals surface area contributed by atoms with E-state index in [1.807, 2.05) is 12.1 Å². The largest absolute Gasteiger partial charge is 0.306 e. The third kappa shape index (κ3) is 2.82. The topological polar surface area (TPSA) is 15.3 Å². The van der Waals surface area contributed by atoms with Gasteiger partial charge in [-0.3, -0.25) is 0 Å². The van der Waals surface area contributed by atoms with E-state index >= 15 is 0 Å². The summed E-state index contributed by atoms with van der Waals surface area (Å²) in [7, 11) is 0. The van der Waals surface area contributed by atoms with Crippen molar-refractivity contribution in [2.75, 3.05) is 19.6 Å². The number of piperidine rings is 3. The Balaban J connectivity index is 1.73. The summed E-state index contributed by atoms with van der Waals surface area (Å²) in [5.41, 5.74) is 1.03. The number of nitrogens with one attached hydrogen (secondary N) is 1. The quantitative estimate of drug-likeness (QED) is 0.825. The van der Waals surface area contributed by atoms with Gasteiger partial charge in [-0.1, -0.05) is 40.9 Å². The van der Waals surface area contributed by atoms with Gasteiger partial charge in [0.1, 0.15) is 0 Å². The van der Waals surface area contributed by atoms with Crippen molar-refractivity contribution in [2.45, 2.75) is 31.8 Å². The lowest BCUT2D eigenvalue weighted by atomic mass is 9.83. The molecule has 1 N–H and O–H groups in total. The highest BCUT2D eigenvalue weighted by Gasteiger charge is 2.34. The van der Waals surface area contributed by atoms with Crippen molar-refractivity contribution < 1.29 is 0 Å². The summed E-state index contributed by atoms with van der Waals surface area (Å²) in [6.45, 7) is 5.80. The van der Waals surface area contributed by atoms with Crippen LogP contribution in [-0.2, 0) is 0 Å². The third-order valence-corrected chi connectivity index (χ3v) is 5.96. The maximum absolute atomic E-state index is 6.32. The predicted molar refractivity (Wildman–Crippen MR) is 86.0 cm³/mol. The van der Waals surface area contributed by atoms with Crippen LogP contribution in [0.2, 0.25) is 15.1 Å². The minimum atomic E-state index is 0.183. The lowest BCUT2D eigenvalue weighted by molar-refractivity contribution is 0.0680. The fraction of sp³-hybridized carbons (Fsp3) is 0.600. The van der Waals surface area contributed by atoms with Gasteiger partial charge in [0.15, 0.2) is 0 Å². The highest BCUT2D eigenvalue weighted by molar-refractivity contribution is 6.48. The van der Waals surface area contributed by atoms with Crippen LogP contribution in [0.4, 0.5) is 0 Å². The fourth-order valence-electron chi connectivity index (χ4n) is 3.44. The second-order valence-electron chi connectivity index (χ2n) is 5.90. The van der Waals surface area contributed by atoms with Crippen LogP contribution in [-0.4, -0.2) is 30.6 Å². The highest BCUT2D eigenvalue weighted by Crippen LogP contribution is 2.36. The summed E-state index contributed by atoms with van der Waals surface area (Å²) in [5, 5.41) is 5.26. The van der Waals surface area contributed by atoms with E-state index in [0.29, 0.717) is 21.1 Å². The van der Waals surface area contributed by atoms with Crippen LogP contribution < -0.4 is 5.32 Å². The molecule has 3 saturated heterocycles. The molecule has 110 valence electrons. The molecular formula is C15H19Cl3N2. The third-order valence-electron chi connectivity index (χ3n) is 4.65. The lowest BCUT2D eigenvalue weighted by Gasteiger charge is -2.46. The first-order valence-corrected chi connectivity index (χ1v) is 8.31. The maximum Gasteiger partial charge on any atom is 0.0781 e. The molecule has 4 rings (SSSR count). The molecule has 0 aromatic heterocycles. The van der Waals surface area contributed by atoms with Gasteiger partial charge in [-0.25, -0.2) is 0 Å². The average Bonchev–Trinajstić information content (AvgIpc) is 2.46. The molecule has 3 heterocycles. The minimum absolute atomic E-state index is 0.183. The van der Waals surface area contributed by atoms with Gasteiger partial charge >= 0.3 is 0 Å². The molecular weight excluding hydrogens is 315 g/mol. The van der Waals surface area contributed by atoms with Crippen molar-refractivity contribution in [3.63, 3.8) is 0 Å².